The molecule has 1 heterocycles. The van der Waals surface area contributed by atoms with E-state index in [1.54, 1.807) is 0 Å². The summed E-state index contributed by atoms with van der Waals surface area (Å²) in [7, 11) is 0. The van der Waals surface area contributed by atoms with Crippen LogP contribution < -0.4 is 0 Å². The molecule has 0 aromatic rings. The van der Waals surface area contributed by atoms with Gasteiger partial charge in [-0.2, -0.15) is 0 Å². The van der Waals surface area contributed by atoms with Crippen LogP contribution in [0.15, 0.2) is 0 Å². The Labute approximate surface area is 69.8 Å². The molecule has 1 saturated heterocycles. The van der Waals surface area contributed by atoms with Crippen molar-refractivity contribution < 1.29 is 0 Å². The van der Waals surface area contributed by atoms with Gasteiger partial charge in [-0.3, -0.25) is 4.90 Å². The molecule has 0 bridgehead atoms. The van der Waals surface area contributed by atoms with Crippen molar-refractivity contribution in [1.82, 2.24) is 4.90 Å². The summed E-state index contributed by atoms with van der Waals surface area (Å²) in [4.78, 5) is 2.42. The number of hydrogen-bond donors (Lipinski definition) is 0. The molecule has 1 rings (SSSR count). The van der Waals surface area contributed by atoms with E-state index in [0.717, 1.165) is 18.5 Å². The molecule has 11 heavy (non-hydrogen) atoms. The highest BCUT2D eigenvalue weighted by Gasteiger charge is 2.26. The van der Waals surface area contributed by atoms with Crippen LogP contribution in [-0.2, 0) is 0 Å². The molecular formula is C10H17N. The van der Waals surface area contributed by atoms with E-state index < -0.39 is 0 Å². The van der Waals surface area contributed by atoms with Crippen molar-refractivity contribution in [2.45, 2.75) is 32.7 Å². The molecule has 1 heteroatoms. The molecule has 2 atom stereocenters. The van der Waals surface area contributed by atoms with E-state index in [-0.39, 0.29) is 0 Å². The lowest BCUT2D eigenvalue weighted by atomic mass is 10.1. The smallest absolute Gasteiger partial charge is 0.0601 e. The molecule has 1 fully saturated rings. The molecule has 62 valence electrons. The molecule has 1 aliphatic heterocycles. The maximum Gasteiger partial charge on any atom is 0.0601 e. The third-order valence-corrected chi connectivity index (χ3v) is 2.50. The van der Waals surface area contributed by atoms with Crippen molar-refractivity contribution in [2.24, 2.45) is 5.92 Å². The predicted octanol–water partition coefficient (Wildman–Crippen LogP) is 1.74. The van der Waals surface area contributed by atoms with Crippen LogP contribution in [0, 0.1) is 18.3 Å². The topological polar surface area (TPSA) is 3.24 Å². The molecule has 2 unspecified atom stereocenters. The fourth-order valence-corrected chi connectivity index (χ4v) is 1.97. The molecule has 0 aromatic carbocycles. The second-order valence-electron chi connectivity index (χ2n) is 3.54. The van der Waals surface area contributed by atoms with Crippen LogP contribution in [0.3, 0.4) is 0 Å². The van der Waals surface area contributed by atoms with Gasteiger partial charge in [-0.25, -0.2) is 0 Å². The Morgan fingerprint density at radius 1 is 1.64 bits per heavy atom. The highest BCUT2D eigenvalue weighted by molar-refractivity contribution is 4.93. The van der Waals surface area contributed by atoms with Gasteiger partial charge in [0.05, 0.1) is 6.54 Å². The lowest BCUT2D eigenvalue weighted by Gasteiger charge is -2.19. The minimum atomic E-state index is 0.751. The van der Waals surface area contributed by atoms with Crippen LogP contribution in [0.4, 0.5) is 0 Å². The first-order valence-electron chi connectivity index (χ1n) is 4.45. The number of rotatable bonds is 2. The summed E-state index contributed by atoms with van der Waals surface area (Å²) in [5.74, 6) is 3.56. The Hall–Kier alpha value is -0.480. The van der Waals surface area contributed by atoms with Crippen molar-refractivity contribution in [2.75, 3.05) is 13.1 Å². The average Bonchev–Trinajstić information content (AvgIpc) is 2.32. The van der Waals surface area contributed by atoms with Gasteiger partial charge in [-0.05, 0) is 18.8 Å². The summed E-state index contributed by atoms with van der Waals surface area (Å²) in [6.45, 7) is 6.58. The van der Waals surface area contributed by atoms with E-state index in [0.29, 0.717) is 0 Å². The van der Waals surface area contributed by atoms with E-state index in [1.165, 1.54) is 19.4 Å². The van der Waals surface area contributed by atoms with Gasteiger partial charge in [0.15, 0.2) is 0 Å². The molecule has 0 aromatic heterocycles. The molecule has 0 saturated carbocycles. The molecule has 0 spiro atoms. The summed E-state index contributed by atoms with van der Waals surface area (Å²) in [5, 5.41) is 0. The van der Waals surface area contributed by atoms with E-state index in [4.69, 9.17) is 6.42 Å². The number of hydrogen-bond acceptors (Lipinski definition) is 1. The van der Waals surface area contributed by atoms with Crippen LogP contribution in [0.1, 0.15) is 26.7 Å². The van der Waals surface area contributed by atoms with Crippen LogP contribution in [0.5, 0.6) is 0 Å². The first kappa shape index (κ1) is 8.62. The largest absolute Gasteiger partial charge is 0.289 e. The number of likely N-dealkylation sites (tertiary alicyclic amines) is 1. The quantitative estimate of drug-likeness (QED) is 0.543. The minimum absolute atomic E-state index is 0.751. The normalized spacial score (nSPS) is 32.1. The average molecular weight is 151 g/mol. The Morgan fingerprint density at radius 2 is 2.36 bits per heavy atom. The predicted molar refractivity (Wildman–Crippen MR) is 48.3 cm³/mol. The van der Waals surface area contributed by atoms with E-state index in [2.05, 4.69) is 24.7 Å². The first-order valence-corrected chi connectivity index (χ1v) is 4.45. The van der Waals surface area contributed by atoms with Gasteiger partial charge in [0, 0.05) is 12.6 Å². The molecule has 1 aliphatic rings. The van der Waals surface area contributed by atoms with Crippen molar-refractivity contribution >= 4 is 0 Å². The fraction of sp³-hybridized carbons (Fsp3) is 0.800. The van der Waals surface area contributed by atoms with Gasteiger partial charge in [-0.15, -0.1) is 6.42 Å². The Bertz CT molecular complexity index is 157. The molecule has 0 N–H and O–H groups in total. The zero-order valence-electron chi connectivity index (χ0n) is 7.51. The van der Waals surface area contributed by atoms with Gasteiger partial charge in [0.25, 0.3) is 0 Å². The minimum Gasteiger partial charge on any atom is -0.289 e. The standard InChI is InChI=1S/C10H17N/c1-4-6-11-8-9(3)7-10(11)5-2/h1,9-10H,5-8H2,2-3H3. The van der Waals surface area contributed by atoms with E-state index in [9.17, 15) is 0 Å². The number of nitrogens with zero attached hydrogens (tertiary/aromatic N) is 1. The molecular weight excluding hydrogens is 134 g/mol. The lowest BCUT2D eigenvalue weighted by molar-refractivity contribution is 0.276. The highest BCUT2D eigenvalue weighted by atomic mass is 15.2. The zero-order valence-corrected chi connectivity index (χ0v) is 7.51. The molecule has 0 aliphatic carbocycles. The van der Waals surface area contributed by atoms with Crippen LogP contribution in [0.2, 0.25) is 0 Å². The Kier molecular flexibility index (Phi) is 2.96. The first-order chi connectivity index (χ1) is 5.27. The second kappa shape index (κ2) is 3.78. The maximum absolute atomic E-state index is 5.28. The Morgan fingerprint density at radius 3 is 2.91 bits per heavy atom. The van der Waals surface area contributed by atoms with Gasteiger partial charge in [-0.1, -0.05) is 19.8 Å². The maximum atomic E-state index is 5.28. The van der Waals surface area contributed by atoms with E-state index >= 15 is 0 Å². The highest BCUT2D eigenvalue weighted by Crippen LogP contribution is 2.23. The van der Waals surface area contributed by atoms with Crippen LogP contribution in [-0.4, -0.2) is 24.0 Å². The van der Waals surface area contributed by atoms with Crippen LogP contribution >= 0.6 is 0 Å². The SMILES string of the molecule is C#CCN1CC(C)CC1CC. The molecule has 0 radical (unpaired) electrons. The van der Waals surface area contributed by atoms with Crippen LogP contribution in [0.25, 0.3) is 0 Å². The summed E-state index contributed by atoms with van der Waals surface area (Å²) in [5.41, 5.74) is 0. The van der Waals surface area contributed by atoms with E-state index in [1.807, 2.05) is 0 Å². The monoisotopic (exact) mass is 151 g/mol. The third-order valence-electron chi connectivity index (χ3n) is 2.50. The second-order valence-corrected chi connectivity index (χ2v) is 3.54. The number of terminal acetylenes is 1. The van der Waals surface area contributed by atoms with Crippen molar-refractivity contribution in [1.29, 1.82) is 0 Å². The Balaban J connectivity index is 2.45. The molecule has 0 amide bonds. The summed E-state index contributed by atoms with van der Waals surface area (Å²) in [6.07, 6.45) is 7.85. The van der Waals surface area contributed by atoms with Gasteiger partial charge < -0.3 is 0 Å². The summed E-state index contributed by atoms with van der Waals surface area (Å²) in [6, 6.07) is 0.751. The lowest BCUT2D eigenvalue weighted by Crippen LogP contribution is -2.29. The van der Waals surface area contributed by atoms with Crippen molar-refractivity contribution in [3.8, 4) is 12.3 Å². The van der Waals surface area contributed by atoms with Crippen molar-refractivity contribution in [3.05, 3.63) is 0 Å². The summed E-state index contributed by atoms with van der Waals surface area (Å²) >= 11 is 0. The zero-order chi connectivity index (χ0) is 8.27. The van der Waals surface area contributed by atoms with Gasteiger partial charge in [0.1, 0.15) is 0 Å². The van der Waals surface area contributed by atoms with Crippen molar-refractivity contribution in [3.63, 3.8) is 0 Å². The molecule has 1 nitrogen and oxygen atoms in total. The third kappa shape index (κ3) is 1.97. The van der Waals surface area contributed by atoms with Gasteiger partial charge >= 0.3 is 0 Å². The summed E-state index contributed by atoms with van der Waals surface area (Å²) < 4.78 is 0. The van der Waals surface area contributed by atoms with Gasteiger partial charge in [0.2, 0.25) is 0 Å². The fourth-order valence-electron chi connectivity index (χ4n) is 1.97.